The van der Waals surface area contributed by atoms with Crippen molar-refractivity contribution in [3.8, 4) is 0 Å². The summed E-state index contributed by atoms with van der Waals surface area (Å²) in [4.78, 5) is 2.83. The third kappa shape index (κ3) is 9.59. The van der Waals surface area contributed by atoms with Crippen molar-refractivity contribution in [3.05, 3.63) is 48.5 Å². The van der Waals surface area contributed by atoms with Crippen molar-refractivity contribution in [2.75, 3.05) is 0 Å². The van der Waals surface area contributed by atoms with Crippen LogP contribution in [0.2, 0.25) is 13.1 Å². The Labute approximate surface area is 175 Å². The Hall–Kier alpha value is 0.161. The van der Waals surface area contributed by atoms with Crippen LogP contribution in [0, 0.1) is 28.7 Å². The van der Waals surface area contributed by atoms with Gasteiger partial charge in [-0.3, -0.25) is 0 Å². The molecule has 2 aromatic heterocycles. The molecule has 5 heteroatoms. The standard InChI is InChI=1S/C11H9S2.C4H10N.C2H7Si.2CH3.Ti/c1-6-3-8-9-4-7(2)13-11(9)5-10(8)12-6;1-4(2,3)5;1-3-2;;;/h3-5H,1-2H3;5H,1-3H3;3H,1-2H3;2*1H3;/q2*-1;;2*-1;+4. The molecule has 1 radical (unpaired) electrons. The van der Waals surface area contributed by atoms with E-state index in [1.807, 2.05) is 43.4 Å². The first-order valence-electron chi connectivity index (χ1n) is 7.20. The van der Waals surface area contributed by atoms with E-state index in [4.69, 9.17) is 5.73 Å². The van der Waals surface area contributed by atoms with Gasteiger partial charge >= 0.3 is 21.7 Å². The van der Waals surface area contributed by atoms with Crippen LogP contribution in [0.15, 0.2) is 18.2 Å². The molecule has 1 nitrogen and oxygen atoms in total. The van der Waals surface area contributed by atoms with E-state index in [9.17, 15) is 0 Å². The van der Waals surface area contributed by atoms with E-state index in [1.54, 1.807) is 0 Å². The smallest absolute Gasteiger partial charge is 0.673 e. The maximum atomic E-state index is 6.94. The first-order valence-corrected chi connectivity index (χ1v) is 11.1. The molecule has 1 aromatic carbocycles. The van der Waals surface area contributed by atoms with Gasteiger partial charge in [-0.2, -0.15) is 33.4 Å². The summed E-state index contributed by atoms with van der Waals surface area (Å²) >= 11 is 3.79. The Bertz CT molecular complexity index is 632. The van der Waals surface area contributed by atoms with Gasteiger partial charge in [-0.05, 0) is 23.6 Å². The van der Waals surface area contributed by atoms with Gasteiger partial charge in [0.15, 0.2) is 0 Å². The van der Waals surface area contributed by atoms with Crippen molar-refractivity contribution in [3.63, 3.8) is 0 Å². The fourth-order valence-corrected chi connectivity index (χ4v) is 3.85. The second-order valence-corrected chi connectivity index (χ2v) is 9.97. The summed E-state index contributed by atoms with van der Waals surface area (Å²) in [5.74, 6) is 0. The molecule has 0 saturated heterocycles. The molecule has 0 unspecified atom stereocenters. The second-order valence-electron chi connectivity index (χ2n) is 6.24. The summed E-state index contributed by atoms with van der Waals surface area (Å²) in [6.45, 7) is 14.3. The molecule has 0 aliphatic carbocycles. The molecule has 3 aromatic rings. The van der Waals surface area contributed by atoms with E-state index in [0.29, 0.717) is 0 Å². The van der Waals surface area contributed by atoms with Crippen molar-refractivity contribution < 1.29 is 21.7 Å². The van der Waals surface area contributed by atoms with Crippen LogP contribution in [-0.2, 0) is 21.7 Å². The molecule has 0 atom stereocenters. The number of hydrogen-bond acceptors (Lipinski definition) is 2. The van der Waals surface area contributed by atoms with E-state index < -0.39 is 0 Å². The summed E-state index contributed by atoms with van der Waals surface area (Å²) in [7, 11) is 0.750. The first-order chi connectivity index (χ1) is 9.65. The molecule has 0 aliphatic rings. The normalized spacial score (nSPS) is 9.67. The van der Waals surface area contributed by atoms with Gasteiger partial charge in [0.25, 0.3) is 0 Å². The maximum Gasteiger partial charge on any atom is 4.00 e. The summed E-state index contributed by atoms with van der Waals surface area (Å²) in [6.07, 6.45) is 0. The second kappa shape index (κ2) is 12.5. The minimum atomic E-state index is -0.250. The number of thiophene rings is 2. The van der Waals surface area contributed by atoms with Gasteiger partial charge in [0.05, 0.1) is 0 Å². The fraction of sp³-hybridized carbons (Fsp3) is 0.421. The summed E-state index contributed by atoms with van der Waals surface area (Å²) in [5, 5.41) is 2.89. The van der Waals surface area contributed by atoms with Crippen LogP contribution in [0.5, 0.6) is 0 Å². The van der Waals surface area contributed by atoms with Gasteiger partial charge < -0.3 is 20.6 Å². The molecular weight excluding hydrogens is 382 g/mol. The average molecular weight is 415 g/mol. The molecule has 24 heavy (non-hydrogen) atoms. The Kier molecular flexibility index (Phi) is 15.1. The molecule has 133 valence electrons. The number of hydrogen-bond donors (Lipinski definition) is 0. The van der Waals surface area contributed by atoms with Gasteiger partial charge in [-0.25, -0.2) is 0 Å². The van der Waals surface area contributed by atoms with Gasteiger partial charge in [0.1, 0.15) is 0 Å². The van der Waals surface area contributed by atoms with Gasteiger partial charge in [0, 0.05) is 9.52 Å². The van der Waals surface area contributed by atoms with Crippen molar-refractivity contribution in [1.82, 2.24) is 0 Å². The number of fused-ring (bicyclic) bond motifs is 3. The van der Waals surface area contributed by atoms with Crippen molar-refractivity contribution in [2.24, 2.45) is 0 Å². The van der Waals surface area contributed by atoms with Crippen molar-refractivity contribution in [2.45, 2.75) is 53.3 Å². The summed E-state index contributed by atoms with van der Waals surface area (Å²) < 4.78 is 2.89. The third-order valence-electron chi connectivity index (χ3n) is 2.32. The Balaban J connectivity index is -0.000000351. The molecule has 0 bridgehead atoms. The molecule has 0 fully saturated rings. The van der Waals surface area contributed by atoms with Gasteiger partial charge in [0.2, 0.25) is 0 Å². The maximum absolute atomic E-state index is 6.94. The van der Waals surface area contributed by atoms with Crippen LogP contribution in [0.3, 0.4) is 0 Å². The first kappa shape index (κ1) is 28.9. The topological polar surface area (TPSA) is 23.8 Å². The van der Waals surface area contributed by atoms with Crippen LogP contribution in [0.25, 0.3) is 25.9 Å². The van der Waals surface area contributed by atoms with Crippen LogP contribution in [-0.4, -0.2) is 15.1 Å². The number of nitrogens with one attached hydrogen (secondary N) is 1. The van der Waals surface area contributed by atoms with E-state index in [1.165, 1.54) is 29.9 Å². The quantitative estimate of drug-likeness (QED) is 0.266. The summed E-state index contributed by atoms with van der Waals surface area (Å²) in [5.41, 5.74) is 6.69. The van der Waals surface area contributed by atoms with Crippen molar-refractivity contribution >= 4 is 52.4 Å². The van der Waals surface area contributed by atoms with Gasteiger partial charge in [-0.1, -0.05) is 43.3 Å². The average Bonchev–Trinajstić information content (AvgIpc) is 2.87. The Morgan fingerprint density at radius 1 is 0.917 bits per heavy atom. The largest absolute Gasteiger partial charge is 4.00 e. The molecule has 0 amide bonds. The monoisotopic (exact) mass is 414 g/mol. The Morgan fingerprint density at radius 3 is 1.42 bits per heavy atom. The molecule has 3 rings (SSSR count). The zero-order valence-electron chi connectivity index (χ0n) is 16.6. The molecule has 1 N–H and O–H groups in total. The van der Waals surface area contributed by atoms with Crippen molar-refractivity contribution in [1.29, 1.82) is 0 Å². The molecule has 0 saturated carbocycles. The summed E-state index contributed by atoms with van der Waals surface area (Å²) in [6, 6.07) is 6.92. The number of rotatable bonds is 0. The van der Waals surface area contributed by atoms with E-state index in [0.717, 1.165) is 9.52 Å². The minimum absolute atomic E-state index is 0. The molecule has 2 heterocycles. The predicted molar refractivity (Wildman–Crippen MR) is 118 cm³/mol. The third-order valence-corrected chi connectivity index (χ3v) is 4.32. The van der Waals surface area contributed by atoms with Crippen LogP contribution >= 0.6 is 22.7 Å². The SMILES string of the molecule is CC(C)(C)[NH-].C[SiH]C.Cc1cc2c([cH-]c3sc(C)cc32)s1.[CH3-].[CH3-].[Ti+4]. The van der Waals surface area contributed by atoms with Crippen LogP contribution in [0.1, 0.15) is 30.5 Å². The van der Waals surface area contributed by atoms with Crippen LogP contribution in [0.4, 0.5) is 0 Å². The predicted octanol–water partition coefficient (Wildman–Crippen LogP) is 7.71. The molecular formula is C19H32NS2SiTi. The van der Waals surface area contributed by atoms with Gasteiger partial charge in [-0.15, -0.1) is 23.7 Å². The van der Waals surface area contributed by atoms with Crippen LogP contribution < -0.4 is 0 Å². The van der Waals surface area contributed by atoms with E-state index in [2.05, 4.69) is 45.1 Å². The Morgan fingerprint density at radius 2 is 1.17 bits per heavy atom. The van der Waals surface area contributed by atoms with E-state index >= 15 is 0 Å². The minimum Gasteiger partial charge on any atom is -0.673 e. The molecule has 0 spiro atoms. The zero-order chi connectivity index (χ0) is 16.2. The zero-order valence-corrected chi connectivity index (χ0v) is 21.0. The fourth-order valence-electron chi connectivity index (χ4n) is 1.82. The molecule has 0 aliphatic heterocycles. The van der Waals surface area contributed by atoms with E-state index in [-0.39, 0.29) is 42.1 Å². The number of aryl methyl sites for hydroxylation is 2.